The molecule has 20 heavy (non-hydrogen) atoms. The van der Waals surface area contributed by atoms with Crippen LogP contribution in [0.15, 0.2) is 4.52 Å². The second-order valence-corrected chi connectivity index (χ2v) is 5.42. The lowest BCUT2D eigenvalue weighted by molar-refractivity contribution is -0.141. The van der Waals surface area contributed by atoms with E-state index < -0.39 is 11.9 Å². The van der Waals surface area contributed by atoms with E-state index >= 15 is 0 Å². The van der Waals surface area contributed by atoms with Gasteiger partial charge in [-0.3, -0.25) is 9.59 Å². The maximum atomic E-state index is 12.4. The molecule has 110 valence electrons. The van der Waals surface area contributed by atoms with E-state index in [1.807, 2.05) is 0 Å². The van der Waals surface area contributed by atoms with Gasteiger partial charge in [0.1, 0.15) is 5.76 Å². The summed E-state index contributed by atoms with van der Waals surface area (Å²) >= 11 is 0. The van der Waals surface area contributed by atoms with Crippen molar-refractivity contribution in [2.24, 2.45) is 5.92 Å². The third-order valence-electron chi connectivity index (χ3n) is 3.72. The molecule has 0 bridgehead atoms. The first kappa shape index (κ1) is 14.6. The van der Waals surface area contributed by atoms with Crippen molar-refractivity contribution in [1.29, 1.82) is 0 Å². The van der Waals surface area contributed by atoms with E-state index in [2.05, 4.69) is 5.16 Å². The van der Waals surface area contributed by atoms with Crippen LogP contribution in [-0.2, 0) is 17.6 Å². The summed E-state index contributed by atoms with van der Waals surface area (Å²) in [6.45, 7) is 1.74. The fourth-order valence-corrected chi connectivity index (χ4v) is 2.48. The quantitative estimate of drug-likeness (QED) is 0.849. The smallest absolute Gasteiger partial charge is 0.308 e. The van der Waals surface area contributed by atoms with E-state index in [1.165, 1.54) is 4.90 Å². The zero-order chi connectivity index (χ0) is 14.7. The SMILES string of the molecule is CC(CN(C)C(=O)c1noc2c1CCCCC2)C(=O)O. The van der Waals surface area contributed by atoms with Crippen LogP contribution < -0.4 is 0 Å². The first-order valence-corrected chi connectivity index (χ1v) is 6.96. The minimum Gasteiger partial charge on any atom is -0.481 e. The number of rotatable bonds is 4. The molecule has 2 rings (SSSR count). The summed E-state index contributed by atoms with van der Waals surface area (Å²) in [6, 6.07) is 0. The van der Waals surface area contributed by atoms with Crippen molar-refractivity contribution in [3.8, 4) is 0 Å². The van der Waals surface area contributed by atoms with Crippen molar-refractivity contribution >= 4 is 11.9 Å². The molecule has 0 aliphatic heterocycles. The Labute approximate surface area is 117 Å². The summed E-state index contributed by atoms with van der Waals surface area (Å²) in [4.78, 5) is 24.6. The highest BCUT2D eigenvalue weighted by Gasteiger charge is 2.26. The fraction of sp³-hybridized carbons (Fsp3) is 0.643. The van der Waals surface area contributed by atoms with Crippen LogP contribution in [-0.4, -0.2) is 40.6 Å². The number of amides is 1. The Kier molecular flexibility index (Phi) is 4.42. The Morgan fingerprint density at radius 2 is 2.05 bits per heavy atom. The lowest BCUT2D eigenvalue weighted by atomic mass is 10.1. The maximum Gasteiger partial charge on any atom is 0.308 e. The number of hydrogen-bond donors (Lipinski definition) is 1. The van der Waals surface area contributed by atoms with Crippen LogP contribution in [0.5, 0.6) is 0 Å². The molecule has 0 saturated carbocycles. The number of carboxylic acids is 1. The highest BCUT2D eigenvalue weighted by Crippen LogP contribution is 2.24. The Bertz CT molecular complexity index is 509. The van der Waals surface area contributed by atoms with Gasteiger partial charge in [0, 0.05) is 25.6 Å². The number of nitrogens with zero attached hydrogens (tertiary/aromatic N) is 2. The van der Waals surface area contributed by atoms with Gasteiger partial charge in [-0.05, 0) is 19.3 Å². The largest absolute Gasteiger partial charge is 0.481 e. The maximum absolute atomic E-state index is 12.4. The number of aromatic nitrogens is 1. The molecule has 0 radical (unpaired) electrons. The predicted octanol–water partition coefficient (Wildman–Crippen LogP) is 1.74. The summed E-state index contributed by atoms with van der Waals surface area (Å²) in [7, 11) is 1.60. The van der Waals surface area contributed by atoms with Gasteiger partial charge >= 0.3 is 5.97 Å². The van der Waals surface area contributed by atoms with E-state index in [0.717, 1.165) is 43.4 Å². The van der Waals surface area contributed by atoms with Gasteiger partial charge in [0.05, 0.1) is 5.92 Å². The fourth-order valence-electron chi connectivity index (χ4n) is 2.48. The van der Waals surface area contributed by atoms with Crippen LogP contribution in [0.4, 0.5) is 0 Å². The molecule has 1 amide bonds. The molecule has 1 aromatic rings. The average molecular weight is 280 g/mol. The molecule has 0 spiro atoms. The lowest BCUT2D eigenvalue weighted by Crippen LogP contribution is -2.34. The molecule has 0 fully saturated rings. The second-order valence-electron chi connectivity index (χ2n) is 5.42. The van der Waals surface area contributed by atoms with Crippen molar-refractivity contribution in [3.63, 3.8) is 0 Å². The zero-order valence-electron chi connectivity index (χ0n) is 11.9. The van der Waals surface area contributed by atoms with Crippen LogP contribution >= 0.6 is 0 Å². The third kappa shape index (κ3) is 3.00. The molecule has 0 saturated heterocycles. The van der Waals surface area contributed by atoms with Gasteiger partial charge in [-0.25, -0.2) is 0 Å². The first-order chi connectivity index (χ1) is 9.50. The van der Waals surface area contributed by atoms with Crippen molar-refractivity contribution < 1.29 is 19.2 Å². The molecule has 6 nitrogen and oxygen atoms in total. The van der Waals surface area contributed by atoms with Gasteiger partial charge < -0.3 is 14.5 Å². The molecular formula is C14H20N2O4. The average Bonchev–Trinajstić information content (AvgIpc) is 2.66. The van der Waals surface area contributed by atoms with E-state index in [-0.39, 0.29) is 12.5 Å². The number of fused-ring (bicyclic) bond motifs is 1. The molecule has 1 N–H and O–H groups in total. The van der Waals surface area contributed by atoms with Crippen molar-refractivity contribution in [1.82, 2.24) is 10.1 Å². The van der Waals surface area contributed by atoms with Crippen molar-refractivity contribution in [3.05, 3.63) is 17.0 Å². The zero-order valence-corrected chi connectivity index (χ0v) is 11.9. The Balaban J connectivity index is 2.13. The topological polar surface area (TPSA) is 83.6 Å². The summed E-state index contributed by atoms with van der Waals surface area (Å²) < 4.78 is 5.28. The van der Waals surface area contributed by atoms with Crippen molar-refractivity contribution in [2.75, 3.05) is 13.6 Å². The summed E-state index contributed by atoms with van der Waals surface area (Å²) in [5.74, 6) is -0.964. The third-order valence-corrected chi connectivity index (χ3v) is 3.72. The molecule has 0 aromatic carbocycles. The van der Waals surface area contributed by atoms with Gasteiger partial charge in [-0.1, -0.05) is 18.5 Å². The first-order valence-electron chi connectivity index (χ1n) is 6.96. The number of carboxylic acid groups (broad SMARTS) is 1. The molecule has 1 aromatic heterocycles. The number of aryl methyl sites for hydroxylation is 1. The molecule has 1 unspecified atom stereocenters. The Morgan fingerprint density at radius 3 is 2.75 bits per heavy atom. The molecular weight excluding hydrogens is 260 g/mol. The molecule has 1 aliphatic rings. The molecule has 1 atom stereocenters. The number of hydrogen-bond acceptors (Lipinski definition) is 4. The molecule has 1 aliphatic carbocycles. The van der Waals surface area contributed by atoms with Crippen LogP contribution in [0.3, 0.4) is 0 Å². The number of aliphatic carboxylic acids is 1. The highest BCUT2D eigenvalue weighted by molar-refractivity contribution is 5.94. The lowest BCUT2D eigenvalue weighted by Gasteiger charge is -2.18. The molecule has 1 heterocycles. The summed E-state index contributed by atoms with van der Waals surface area (Å²) in [5, 5.41) is 12.8. The second kappa shape index (κ2) is 6.07. The Hall–Kier alpha value is -1.85. The highest BCUT2D eigenvalue weighted by atomic mass is 16.5. The number of carbonyl (C=O) groups excluding carboxylic acids is 1. The van der Waals surface area contributed by atoms with Crippen molar-refractivity contribution in [2.45, 2.75) is 39.0 Å². The predicted molar refractivity (Wildman–Crippen MR) is 71.5 cm³/mol. The van der Waals surface area contributed by atoms with Crippen LogP contribution in [0.1, 0.15) is 48.0 Å². The minimum atomic E-state index is -0.913. The van der Waals surface area contributed by atoms with Gasteiger partial charge in [-0.15, -0.1) is 0 Å². The Morgan fingerprint density at radius 1 is 1.35 bits per heavy atom. The standard InChI is InChI=1S/C14H20N2O4/c1-9(14(18)19)8-16(2)13(17)12-10-6-4-3-5-7-11(10)20-15-12/h9H,3-8H2,1-2H3,(H,18,19). The van der Waals surface area contributed by atoms with E-state index in [1.54, 1.807) is 14.0 Å². The van der Waals surface area contributed by atoms with E-state index in [9.17, 15) is 9.59 Å². The molecule has 6 heteroatoms. The van der Waals surface area contributed by atoms with Gasteiger partial charge in [0.15, 0.2) is 5.69 Å². The minimum absolute atomic E-state index is 0.163. The van der Waals surface area contributed by atoms with Gasteiger partial charge in [0.2, 0.25) is 0 Å². The summed E-state index contributed by atoms with van der Waals surface area (Å²) in [5.41, 5.74) is 1.25. The van der Waals surface area contributed by atoms with Gasteiger partial charge in [-0.2, -0.15) is 0 Å². The van der Waals surface area contributed by atoms with Gasteiger partial charge in [0.25, 0.3) is 5.91 Å². The normalized spacial score (nSPS) is 16.1. The van der Waals surface area contributed by atoms with Crippen LogP contribution in [0, 0.1) is 5.92 Å². The monoisotopic (exact) mass is 280 g/mol. The van der Waals surface area contributed by atoms with E-state index in [4.69, 9.17) is 9.63 Å². The number of carbonyl (C=O) groups is 2. The van der Waals surface area contributed by atoms with E-state index in [0.29, 0.717) is 5.69 Å². The summed E-state index contributed by atoms with van der Waals surface area (Å²) in [6.07, 6.45) is 4.85. The van der Waals surface area contributed by atoms with Crippen LogP contribution in [0.2, 0.25) is 0 Å². The van der Waals surface area contributed by atoms with Crippen LogP contribution in [0.25, 0.3) is 0 Å².